The van der Waals surface area contributed by atoms with Crippen LogP contribution in [-0.4, -0.2) is 109 Å². The van der Waals surface area contributed by atoms with E-state index in [2.05, 4.69) is 30.6 Å². The first kappa shape index (κ1) is 57.4. The Morgan fingerprint density at radius 3 is 1.83 bits per heavy atom. The Hall–Kier alpha value is -8.80. The van der Waals surface area contributed by atoms with E-state index in [0.29, 0.717) is 39.3 Å². The Balaban J connectivity index is 0.943. The number of aromatic nitrogens is 6. The number of hydrogen-bond donors (Lipinski definition) is 3. The van der Waals surface area contributed by atoms with Gasteiger partial charge in [-0.2, -0.15) is 4.98 Å². The van der Waals surface area contributed by atoms with E-state index in [1.165, 1.54) is 24.9 Å². The summed E-state index contributed by atoms with van der Waals surface area (Å²) >= 11 is 0. The lowest BCUT2D eigenvalue weighted by Crippen LogP contribution is -2.38. The molecule has 1 unspecified atom stereocenters. The number of phosphoric ester groups is 1. The summed E-state index contributed by atoms with van der Waals surface area (Å²) in [6, 6.07) is 42.4. The third-order valence-electron chi connectivity index (χ3n) is 14.0. The van der Waals surface area contributed by atoms with Crippen LogP contribution in [0.2, 0.25) is 0 Å². The van der Waals surface area contributed by atoms with Crippen molar-refractivity contribution < 1.29 is 66.1 Å². The van der Waals surface area contributed by atoms with E-state index in [0.717, 1.165) is 4.57 Å². The zero-order valence-corrected chi connectivity index (χ0v) is 46.0. The van der Waals surface area contributed by atoms with Crippen molar-refractivity contribution in [2.75, 3.05) is 38.1 Å². The zero-order chi connectivity index (χ0) is 58.1. The average Bonchev–Trinajstić information content (AvgIpc) is 4.48. The van der Waals surface area contributed by atoms with Gasteiger partial charge in [0.1, 0.15) is 78.3 Å². The summed E-state index contributed by atoms with van der Waals surface area (Å²) in [7, 11) is -2.06. The number of imidazole rings is 1. The number of nitrogens with zero attached hydrogens (tertiary/aromatic N) is 6. The SMILES string of the molecule is CCC(=O)CC(=O)O[C@H]1C[C@H](n2ccc(NC(=O)c3ccccc3)nc2=O)O[C@@H]1COP(=O)(O)O[C@H]1C[C@H](n2cnc3c(NC(=O)c4ccccc4)ncnc32)O[C@@H]1COC(c1ccccc1)(c1ccc(OC)cc1)c1ccc(OC)cc1. The molecule has 2 fully saturated rings. The summed E-state index contributed by atoms with van der Waals surface area (Å²) in [6.45, 7) is 0.591. The molecule has 10 rings (SSSR count). The number of hydrogen-bond acceptors (Lipinski definition) is 18. The van der Waals surface area contributed by atoms with Crippen LogP contribution in [0.25, 0.3) is 11.2 Å². The topological polar surface area (TPSA) is 282 Å². The summed E-state index contributed by atoms with van der Waals surface area (Å²) in [5, 5.41) is 5.38. The molecule has 0 spiro atoms. The van der Waals surface area contributed by atoms with Gasteiger partial charge in [-0.05, 0) is 71.3 Å². The van der Waals surface area contributed by atoms with Gasteiger partial charge in [-0.25, -0.2) is 24.3 Å². The number of methoxy groups -OCH3 is 2. The van der Waals surface area contributed by atoms with Gasteiger partial charge in [-0.1, -0.05) is 97.9 Å². The molecule has 2 aliphatic rings. The van der Waals surface area contributed by atoms with Crippen molar-refractivity contribution in [3.05, 3.63) is 203 Å². The van der Waals surface area contributed by atoms with Crippen LogP contribution in [-0.2, 0) is 47.8 Å². The fourth-order valence-corrected chi connectivity index (χ4v) is 10.8. The molecular weight excluding hydrogens is 1090 g/mol. The second kappa shape index (κ2) is 25.6. The van der Waals surface area contributed by atoms with E-state index in [1.807, 2.05) is 78.9 Å². The molecule has 3 N–H and O–H groups in total. The molecule has 5 heterocycles. The number of ether oxygens (including phenoxy) is 6. The molecule has 0 radical (unpaired) electrons. The first-order valence-corrected chi connectivity index (χ1v) is 27.9. The van der Waals surface area contributed by atoms with Crippen LogP contribution in [0.15, 0.2) is 169 Å². The van der Waals surface area contributed by atoms with Crippen LogP contribution in [0.4, 0.5) is 11.6 Å². The normalized spacial score (nSPS) is 19.4. The summed E-state index contributed by atoms with van der Waals surface area (Å²) in [4.78, 5) is 94.1. The van der Waals surface area contributed by atoms with Crippen LogP contribution < -0.4 is 25.8 Å². The van der Waals surface area contributed by atoms with Crippen molar-refractivity contribution in [1.29, 1.82) is 0 Å². The summed E-state index contributed by atoms with van der Waals surface area (Å²) in [5.41, 5.74) is 1.08. The first-order valence-electron chi connectivity index (χ1n) is 26.4. The molecule has 3 aromatic heterocycles. The fraction of sp³-hybridized carbons (Fsp3) is 0.271. The number of carbonyl (C=O) groups is 4. The van der Waals surface area contributed by atoms with Gasteiger partial charge >= 0.3 is 19.5 Å². The smallest absolute Gasteiger partial charge is 0.472 e. The highest BCUT2D eigenvalue weighted by atomic mass is 31.2. The molecule has 0 bridgehead atoms. The second-order valence-corrected chi connectivity index (χ2v) is 20.6. The van der Waals surface area contributed by atoms with Gasteiger partial charge in [0.2, 0.25) is 0 Å². The molecule has 23 nitrogen and oxygen atoms in total. The number of rotatable bonds is 23. The molecular formula is C59H57N8O15P. The van der Waals surface area contributed by atoms with Gasteiger partial charge in [-0.3, -0.25) is 37.4 Å². The highest BCUT2D eigenvalue weighted by Crippen LogP contribution is 2.50. The van der Waals surface area contributed by atoms with Crippen molar-refractivity contribution in [1.82, 2.24) is 29.1 Å². The number of nitrogens with one attached hydrogen (secondary N) is 2. The number of benzene rings is 5. The minimum Gasteiger partial charge on any atom is -0.497 e. The highest BCUT2D eigenvalue weighted by Gasteiger charge is 2.47. The number of amides is 2. The van der Waals surface area contributed by atoms with Crippen molar-refractivity contribution in [3.8, 4) is 11.5 Å². The van der Waals surface area contributed by atoms with Gasteiger partial charge in [-0.15, -0.1) is 0 Å². The standard InChI is InChI=1S/C59H57N8O15P/c1-4-42(68)30-52(69)81-45-31-50(66-29-28-49(64-58(66)72)63-56(70)37-14-8-5-9-15-37)80-48(45)34-78-83(73,74)82-46-32-51(67-36-62-53-54(60-35-61-55(53)67)65-57(71)38-16-10-6-11-17-38)79-47(46)33-77-59(39-18-12-7-13-19-39,40-20-24-43(75-2)25-21-40)41-22-26-44(76-3)27-23-41/h5-29,35-36,45-48,50-51H,4,30-34H2,1-3H3,(H,73,74)(H,60,61,65,71)(H,63,64,70,72)/t45-,46-,47+,48+,50+,51+/m0/s1. The molecule has 0 saturated carbocycles. The largest absolute Gasteiger partial charge is 0.497 e. The third kappa shape index (κ3) is 13.1. The summed E-state index contributed by atoms with van der Waals surface area (Å²) in [5.74, 6) is -0.943. The lowest BCUT2D eigenvalue weighted by molar-refractivity contribution is -0.154. The molecule has 24 heteroatoms. The predicted molar refractivity (Wildman–Crippen MR) is 298 cm³/mol. The zero-order valence-electron chi connectivity index (χ0n) is 45.1. The second-order valence-electron chi connectivity index (χ2n) is 19.2. The maximum absolute atomic E-state index is 14.5. The Kier molecular flexibility index (Phi) is 17.7. The fourth-order valence-electron chi connectivity index (χ4n) is 9.83. The van der Waals surface area contributed by atoms with Crippen LogP contribution in [0.3, 0.4) is 0 Å². The molecule has 5 aromatic carbocycles. The quantitative estimate of drug-likeness (QED) is 0.0237. The third-order valence-corrected chi connectivity index (χ3v) is 15.1. The van der Waals surface area contributed by atoms with Crippen LogP contribution in [0, 0.1) is 0 Å². The van der Waals surface area contributed by atoms with Crippen LogP contribution >= 0.6 is 7.82 Å². The van der Waals surface area contributed by atoms with Gasteiger partial charge < -0.3 is 43.9 Å². The van der Waals surface area contributed by atoms with Gasteiger partial charge in [0.05, 0.1) is 33.8 Å². The van der Waals surface area contributed by atoms with Crippen molar-refractivity contribution in [3.63, 3.8) is 0 Å². The maximum Gasteiger partial charge on any atom is 0.472 e. The average molecular weight is 1150 g/mol. The number of carbonyl (C=O) groups excluding carboxylic acids is 4. The van der Waals surface area contributed by atoms with Gasteiger partial charge in [0.15, 0.2) is 17.0 Å². The minimum atomic E-state index is -5.18. The number of phosphoric acid groups is 1. The summed E-state index contributed by atoms with van der Waals surface area (Å²) in [6.07, 6.45) is -3.80. The van der Waals surface area contributed by atoms with E-state index in [-0.39, 0.29) is 48.7 Å². The van der Waals surface area contributed by atoms with Gasteiger partial charge in [0, 0.05) is 36.6 Å². The Labute approximate surface area is 475 Å². The van der Waals surface area contributed by atoms with Crippen molar-refractivity contribution in [2.24, 2.45) is 0 Å². The molecule has 2 amide bonds. The van der Waals surface area contributed by atoms with Crippen molar-refractivity contribution in [2.45, 2.75) is 75.1 Å². The molecule has 0 aliphatic carbocycles. The van der Waals surface area contributed by atoms with Crippen LogP contribution in [0.1, 0.15) is 82.5 Å². The van der Waals surface area contributed by atoms with E-state index >= 15 is 0 Å². The number of fused-ring (bicyclic) bond motifs is 1. The van der Waals surface area contributed by atoms with Crippen LogP contribution in [0.5, 0.6) is 11.5 Å². The number of ketones is 1. The van der Waals surface area contributed by atoms with E-state index in [1.54, 1.807) is 86.4 Å². The molecule has 8 aromatic rings. The lowest BCUT2D eigenvalue weighted by atomic mass is 9.80. The molecule has 2 aliphatic heterocycles. The predicted octanol–water partition coefficient (Wildman–Crippen LogP) is 7.97. The monoisotopic (exact) mass is 1150 g/mol. The highest BCUT2D eigenvalue weighted by molar-refractivity contribution is 7.47. The van der Waals surface area contributed by atoms with Crippen molar-refractivity contribution >= 4 is 54.2 Å². The Bertz CT molecular complexity index is 3640. The number of anilines is 2. The molecule has 7 atom stereocenters. The van der Waals surface area contributed by atoms with E-state index in [9.17, 15) is 33.4 Å². The first-order chi connectivity index (χ1) is 40.2. The van der Waals surface area contributed by atoms with Gasteiger partial charge in [0.25, 0.3) is 11.8 Å². The number of Topliss-reactive ketones (excluding diaryl/α,β-unsaturated/α-hetero) is 1. The Morgan fingerprint density at radius 1 is 0.687 bits per heavy atom. The lowest BCUT2D eigenvalue weighted by Gasteiger charge is -2.37. The Morgan fingerprint density at radius 2 is 1.24 bits per heavy atom. The molecule has 83 heavy (non-hydrogen) atoms. The van der Waals surface area contributed by atoms with E-state index in [4.69, 9.17) is 37.5 Å². The maximum atomic E-state index is 14.5. The molecule has 2 saturated heterocycles. The minimum absolute atomic E-state index is 0.0435. The number of esters is 1. The van der Waals surface area contributed by atoms with E-state index < -0.39 is 92.6 Å². The molecule has 428 valence electrons. The summed E-state index contributed by atoms with van der Waals surface area (Å²) < 4.78 is 65.9.